The Balaban J connectivity index is 1.38. The van der Waals surface area contributed by atoms with Gasteiger partial charge in [-0.15, -0.1) is 0 Å². The van der Waals surface area contributed by atoms with E-state index in [2.05, 4.69) is 59.1 Å². The topological polar surface area (TPSA) is 19.4 Å². The van der Waals surface area contributed by atoms with Gasteiger partial charge in [0.05, 0.1) is 0 Å². The molecule has 1 aromatic heterocycles. The molecule has 3 nitrogen and oxygen atoms in total. The molecule has 4 rings (SSSR count). The minimum Gasteiger partial charge on any atom is -0.371 e. The first kappa shape index (κ1) is 16.6. The van der Waals surface area contributed by atoms with Gasteiger partial charge in [0.15, 0.2) is 0 Å². The van der Waals surface area contributed by atoms with Crippen LogP contribution in [-0.2, 0) is 12.8 Å². The van der Waals surface area contributed by atoms with Crippen LogP contribution in [0.25, 0.3) is 0 Å². The third kappa shape index (κ3) is 3.43. The standard InChI is InChI=1S/C22H29N3/c1-17(18-8-12-23-13-9-18)24(2)21-10-14-25(15-11-21)22-7-6-19-4-3-5-20(19)16-22/h6-9,12-13,16-17,21H,3-5,10-11,14-15H2,1-2H3. The smallest absolute Gasteiger partial charge is 0.0369 e. The summed E-state index contributed by atoms with van der Waals surface area (Å²) in [6.07, 6.45) is 10.2. The Bertz CT molecular complexity index is 704. The zero-order chi connectivity index (χ0) is 17.2. The van der Waals surface area contributed by atoms with Gasteiger partial charge in [-0.1, -0.05) is 6.07 Å². The lowest BCUT2D eigenvalue weighted by molar-refractivity contribution is 0.159. The number of pyridine rings is 1. The average Bonchev–Trinajstić information content (AvgIpc) is 3.15. The molecule has 2 aromatic rings. The van der Waals surface area contributed by atoms with E-state index >= 15 is 0 Å². The summed E-state index contributed by atoms with van der Waals surface area (Å²) >= 11 is 0. The van der Waals surface area contributed by atoms with Crippen molar-refractivity contribution < 1.29 is 0 Å². The van der Waals surface area contributed by atoms with Crippen LogP contribution in [0.1, 0.15) is 48.9 Å². The predicted molar refractivity (Wildman–Crippen MR) is 104 cm³/mol. The number of rotatable bonds is 4. The Morgan fingerprint density at radius 3 is 2.52 bits per heavy atom. The predicted octanol–water partition coefficient (Wildman–Crippen LogP) is 4.23. The van der Waals surface area contributed by atoms with Crippen LogP contribution in [0.5, 0.6) is 0 Å². The van der Waals surface area contributed by atoms with E-state index in [-0.39, 0.29) is 0 Å². The van der Waals surface area contributed by atoms with Gasteiger partial charge in [0.2, 0.25) is 0 Å². The molecule has 1 fully saturated rings. The maximum absolute atomic E-state index is 4.14. The summed E-state index contributed by atoms with van der Waals surface area (Å²) in [4.78, 5) is 9.28. The quantitative estimate of drug-likeness (QED) is 0.833. The highest BCUT2D eigenvalue weighted by Crippen LogP contribution is 2.30. The van der Waals surface area contributed by atoms with Gasteiger partial charge in [-0.3, -0.25) is 9.88 Å². The van der Waals surface area contributed by atoms with Crippen molar-refractivity contribution in [2.45, 2.75) is 51.1 Å². The summed E-state index contributed by atoms with van der Waals surface area (Å²) in [5.41, 5.74) is 5.95. The molecule has 1 aromatic carbocycles. The highest BCUT2D eigenvalue weighted by atomic mass is 15.2. The van der Waals surface area contributed by atoms with Gasteiger partial charge < -0.3 is 4.90 Å². The van der Waals surface area contributed by atoms with Crippen molar-refractivity contribution in [1.29, 1.82) is 0 Å². The van der Waals surface area contributed by atoms with E-state index < -0.39 is 0 Å². The van der Waals surface area contributed by atoms with Crippen molar-refractivity contribution in [1.82, 2.24) is 9.88 Å². The molecule has 1 unspecified atom stereocenters. The maximum Gasteiger partial charge on any atom is 0.0369 e. The van der Waals surface area contributed by atoms with Crippen molar-refractivity contribution in [2.75, 3.05) is 25.0 Å². The number of piperidine rings is 1. The first-order valence-corrected chi connectivity index (χ1v) is 9.71. The van der Waals surface area contributed by atoms with E-state index in [0.717, 1.165) is 13.1 Å². The Kier molecular flexibility index (Phi) is 4.76. The van der Waals surface area contributed by atoms with Gasteiger partial charge >= 0.3 is 0 Å². The first-order valence-electron chi connectivity index (χ1n) is 9.71. The number of benzene rings is 1. The molecule has 0 spiro atoms. The van der Waals surface area contributed by atoms with Crippen LogP contribution in [0.15, 0.2) is 42.7 Å². The van der Waals surface area contributed by atoms with Crippen LogP contribution >= 0.6 is 0 Å². The minimum atomic E-state index is 0.444. The Labute approximate surface area is 151 Å². The Morgan fingerprint density at radius 1 is 1.04 bits per heavy atom. The molecule has 3 heteroatoms. The molecule has 0 bridgehead atoms. The molecule has 132 valence electrons. The Morgan fingerprint density at radius 2 is 1.76 bits per heavy atom. The van der Waals surface area contributed by atoms with Crippen molar-refractivity contribution >= 4 is 5.69 Å². The number of hydrogen-bond donors (Lipinski definition) is 0. The number of aromatic nitrogens is 1. The second-order valence-electron chi connectivity index (χ2n) is 7.65. The summed E-state index contributed by atoms with van der Waals surface area (Å²) in [7, 11) is 2.28. The molecular formula is C22H29N3. The number of hydrogen-bond acceptors (Lipinski definition) is 3. The van der Waals surface area contributed by atoms with E-state index in [4.69, 9.17) is 0 Å². The number of aryl methyl sites for hydroxylation is 2. The summed E-state index contributed by atoms with van der Waals surface area (Å²) in [5.74, 6) is 0. The third-order valence-corrected chi connectivity index (χ3v) is 6.29. The summed E-state index contributed by atoms with van der Waals surface area (Å²) in [6.45, 7) is 4.63. The number of anilines is 1. The monoisotopic (exact) mass is 335 g/mol. The fourth-order valence-electron chi connectivity index (χ4n) is 4.48. The average molecular weight is 335 g/mol. The molecule has 1 aliphatic heterocycles. The summed E-state index contributed by atoms with van der Waals surface area (Å²) in [6, 6.07) is 12.5. The van der Waals surface area contributed by atoms with Gasteiger partial charge in [-0.05, 0) is 87.0 Å². The van der Waals surface area contributed by atoms with Crippen molar-refractivity contribution in [3.05, 3.63) is 59.4 Å². The molecule has 0 radical (unpaired) electrons. The Hall–Kier alpha value is -1.87. The summed E-state index contributed by atoms with van der Waals surface area (Å²) in [5, 5.41) is 0. The van der Waals surface area contributed by atoms with Crippen LogP contribution < -0.4 is 4.90 Å². The van der Waals surface area contributed by atoms with Gasteiger partial charge in [0.25, 0.3) is 0 Å². The lowest BCUT2D eigenvalue weighted by Crippen LogP contribution is -2.44. The zero-order valence-electron chi connectivity index (χ0n) is 15.5. The molecule has 25 heavy (non-hydrogen) atoms. The number of fused-ring (bicyclic) bond motifs is 1. The fourth-order valence-corrected chi connectivity index (χ4v) is 4.48. The second kappa shape index (κ2) is 7.17. The largest absolute Gasteiger partial charge is 0.371 e. The fraction of sp³-hybridized carbons (Fsp3) is 0.500. The zero-order valence-corrected chi connectivity index (χ0v) is 15.5. The number of nitrogens with zero attached hydrogens (tertiary/aromatic N) is 3. The molecule has 1 saturated heterocycles. The second-order valence-corrected chi connectivity index (χ2v) is 7.65. The molecule has 0 amide bonds. The van der Waals surface area contributed by atoms with Gasteiger partial charge in [0, 0.05) is 43.3 Å². The first-order chi connectivity index (χ1) is 12.2. The van der Waals surface area contributed by atoms with Crippen LogP contribution in [0.2, 0.25) is 0 Å². The molecular weight excluding hydrogens is 306 g/mol. The molecule has 2 aliphatic rings. The normalized spacial score (nSPS) is 19.2. The maximum atomic E-state index is 4.14. The highest BCUT2D eigenvalue weighted by molar-refractivity contribution is 5.52. The van der Waals surface area contributed by atoms with Crippen LogP contribution in [0.3, 0.4) is 0 Å². The SMILES string of the molecule is CC(c1ccncc1)N(C)C1CCN(c2ccc3c(c2)CCC3)CC1. The van der Waals surface area contributed by atoms with Gasteiger partial charge in [-0.2, -0.15) is 0 Å². The molecule has 1 atom stereocenters. The van der Waals surface area contributed by atoms with Crippen molar-refractivity contribution in [2.24, 2.45) is 0 Å². The van der Waals surface area contributed by atoms with Crippen LogP contribution in [0, 0.1) is 0 Å². The third-order valence-electron chi connectivity index (χ3n) is 6.29. The lowest BCUT2D eigenvalue weighted by Gasteiger charge is -2.40. The summed E-state index contributed by atoms with van der Waals surface area (Å²) < 4.78 is 0. The van der Waals surface area contributed by atoms with Gasteiger partial charge in [0.1, 0.15) is 0 Å². The van der Waals surface area contributed by atoms with Crippen molar-refractivity contribution in [3.63, 3.8) is 0 Å². The van der Waals surface area contributed by atoms with E-state index in [1.54, 1.807) is 11.1 Å². The van der Waals surface area contributed by atoms with E-state index in [1.807, 2.05) is 12.4 Å². The van der Waals surface area contributed by atoms with Crippen LogP contribution in [-0.4, -0.2) is 36.1 Å². The van der Waals surface area contributed by atoms with E-state index in [0.29, 0.717) is 12.1 Å². The molecule has 0 N–H and O–H groups in total. The molecule has 1 aliphatic carbocycles. The highest BCUT2D eigenvalue weighted by Gasteiger charge is 2.26. The van der Waals surface area contributed by atoms with E-state index in [1.165, 1.54) is 43.4 Å². The molecule has 2 heterocycles. The molecule has 0 saturated carbocycles. The lowest BCUT2D eigenvalue weighted by atomic mass is 9.99. The van der Waals surface area contributed by atoms with Crippen molar-refractivity contribution in [3.8, 4) is 0 Å². The van der Waals surface area contributed by atoms with E-state index in [9.17, 15) is 0 Å². The minimum absolute atomic E-state index is 0.444. The van der Waals surface area contributed by atoms with Gasteiger partial charge in [-0.25, -0.2) is 0 Å². The van der Waals surface area contributed by atoms with Crippen LogP contribution in [0.4, 0.5) is 5.69 Å².